The Labute approximate surface area is 678 Å². The van der Waals surface area contributed by atoms with Crippen LogP contribution in [0.5, 0.6) is 17.2 Å². The van der Waals surface area contributed by atoms with E-state index in [9.17, 15) is 43.2 Å². The molecular weight excluding hydrogens is 1530 g/mol. The molecule has 0 fully saturated rings. The smallest absolute Gasteiger partial charge is 0.341 e. The molecule has 0 aromatic heterocycles. The van der Waals surface area contributed by atoms with Crippen molar-refractivity contribution in [2.45, 2.75) is 82.7 Å². The number of hydrogen-bond donors (Lipinski definition) is 7. The van der Waals surface area contributed by atoms with E-state index in [2.05, 4.69) is 16.0 Å². The van der Waals surface area contributed by atoms with E-state index in [1.807, 2.05) is 0 Å². The Morgan fingerprint density at radius 2 is 0.603 bits per heavy atom. The maximum absolute atomic E-state index is 13.5. The van der Waals surface area contributed by atoms with Crippen LogP contribution in [0.15, 0.2) is 72.8 Å². The molecule has 0 aliphatic heterocycles. The second kappa shape index (κ2) is 71.3. The third-order valence-electron chi connectivity index (χ3n) is 16.1. The highest BCUT2D eigenvalue weighted by Crippen LogP contribution is 2.20. The van der Waals surface area contributed by atoms with Gasteiger partial charge in [-0.2, -0.15) is 0 Å². The van der Waals surface area contributed by atoms with Crippen LogP contribution in [0.4, 0.5) is 0 Å². The predicted molar refractivity (Wildman–Crippen MR) is 416 cm³/mol. The Hall–Kier alpha value is -7.83. The average molecular weight is 1650 g/mol. The number of nitrogens with one attached hydrogen (secondary N) is 3. The quantitative estimate of drug-likeness (QED) is 0.0399. The van der Waals surface area contributed by atoms with Crippen molar-refractivity contribution in [3.05, 3.63) is 89.5 Å². The van der Waals surface area contributed by atoms with Gasteiger partial charge in [0, 0.05) is 77.9 Å². The number of nitrogens with two attached hydrogens (primary N) is 1. The largest absolute Gasteiger partial charge is 0.482 e. The number of ether oxygens (including phenoxy) is 20. The molecule has 0 aliphatic rings. The van der Waals surface area contributed by atoms with Crippen molar-refractivity contribution >= 4 is 53.0 Å². The molecule has 116 heavy (non-hydrogen) atoms. The Morgan fingerprint density at radius 1 is 0.328 bits per heavy atom. The van der Waals surface area contributed by atoms with Crippen molar-refractivity contribution in [3.63, 3.8) is 0 Å². The van der Waals surface area contributed by atoms with Crippen molar-refractivity contribution in [2.24, 2.45) is 11.7 Å². The second-order valence-electron chi connectivity index (χ2n) is 25.5. The molecule has 3 amide bonds. The summed E-state index contributed by atoms with van der Waals surface area (Å²) >= 11 is 0. The number of aliphatic carboxylic acids is 3. The van der Waals surface area contributed by atoms with E-state index >= 15 is 0 Å². The summed E-state index contributed by atoms with van der Waals surface area (Å²) in [4.78, 5) is 113. The predicted octanol–water partition coefficient (Wildman–Crippen LogP) is 2.51. The zero-order chi connectivity index (χ0) is 83.8. The number of carboxylic acid groups (broad SMARTS) is 3. The number of amides is 3. The number of benzene rings is 3. The van der Waals surface area contributed by atoms with Crippen molar-refractivity contribution in [1.29, 1.82) is 0 Å². The maximum Gasteiger partial charge on any atom is 0.341 e. The average Bonchev–Trinajstić information content (AvgIpc) is 0.885. The summed E-state index contributed by atoms with van der Waals surface area (Å²) in [6, 6.07) is 18.2. The third-order valence-corrected chi connectivity index (χ3v) is 16.1. The van der Waals surface area contributed by atoms with Crippen LogP contribution in [0.25, 0.3) is 0 Å². The van der Waals surface area contributed by atoms with E-state index in [1.54, 1.807) is 79.9 Å². The number of hydrogen-bond acceptors (Lipinski definition) is 30. The molecule has 0 heterocycles. The van der Waals surface area contributed by atoms with Gasteiger partial charge in [0.15, 0.2) is 31.4 Å². The van der Waals surface area contributed by atoms with Crippen molar-refractivity contribution in [3.8, 4) is 17.2 Å². The minimum Gasteiger partial charge on any atom is -0.482 e. The fraction of sp³-hybridized carbons (Fsp3) is 0.662. The van der Waals surface area contributed by atoms with E-state index in [-0.39, 0.29) is 218 Å². The van der Waals surface area contributed by atoms with Crippen LogP contribution in [0, 0.1) is 5.92 Å². The minimum atomic E-state index is -1.13. The van der Waals surface area contributed by atoms with Gasteiger partial charge in [-0.1, -0.05) is 36.4 Å². The number of rotatable bonds is 83. The van der Waals surface area contributed by atoms with Crippen LogP contribution >= 0.6 is 0 Å². The normalized spacial score (nSPS) is 12.1. The molecule has 0 spiro atoms. The van der Waals surface area contributed by atoms with Gasteiger partial charge >= 0.3 is 17.9 Å². The van der Waals surface area contributed by atoms with E-state index in [0.717, 1.165) is 16.7 Å². The van der Waals surface area contributed by atoms with Gasteiger partial charge in [-0.25, -0.2) is 14.4 Å². The molecule has 3 aromatic carbocycles. The summed E-state index contributed by atoms with van der Waals surface area (Å²) in [6.07, 6.45) is 1.71. The first kappa shape index (κ1) is 102. The van der Waals surface area contributed by atoms with Crippen LogP contribution in [-0.4, -0.2) is 338 Å². The molecular formula is C80H124N4O32. The molecule has 36 nitrogen and oxygen atoms in total. The lowest BCUT2D eigenvalue weighted by atomic mass is 9.92. The molecule has 8 N–H and O–H groups in total. The second-order valence-corrected chi connectivity index (χ2v) is 25.5. The van der Waals surface area contributed by atoms with E-state index in [1.165, 1.54) is 0 Å². The number of carboxylic acids is 3. The summed E-state index contributed by atoms with van der Waals surface area (Å²) in [5.74, 6) is -4.73. The SMILES string of the molecule is COCCOCCOCCOCCOCCCC(=O)C(Cc1ccc(OCC(=O)O)cc1)NC(=O)CCOCCOCCOCCOCCNC(=O)C(CC(=O)CCOCCOCCOCCOCCCC(=O)C(Cc1ccc(OCC(=O)O)cc1)NC(=O)CCOCCOCCOCCOCCN)Cc1ccc(OCC(=O)O)cc1. The molecule has 3 aromatic rings. The molecule has 0 saturated carbocycles. The highest BCUT2D eigenvalue weighted by atomic mass is 16.6. The number of carbonyl (C=O) groups is 9. The van der Waals surface area contributed by atoms with Gasteiger partial charge in [0.05, 0.1) is 217 Å². The van der Waals surface area contributed by atoms with Crippen molar-refractivity contribution < 1.29 is 153 Å². The van der Waals surface area contributed by atoms with Gasteiger partial charge < -0.3 is 132 Å². The molecule has 3 atom stereocenters. The lowest BCUT2D eigenvalue weighted by Gasteiger charge is -2.18. The van der Waals surface area contributed by atoms with Crippen LogP contribution < -0.4 is 35.9 Å². The summed E-state index contributed by atoms with van der Waals surface area (Å²) < 4.78 is 109. The molecule has 0 saturated heterocycles. The molecule has 656 valence electrons. The first-order valence-electron chi connectivity index (χ1n) is 39.2. The lowest BCUT2D eigenvalue weighted by Crippen LogP contribution is -2.42. The number of Topliss-reactive ketones (excluding diaryl/α,β-unsaturated/α-hetero) is 3. The van der Waals surface area contributed by atoms with Crippen LogP contribution in [0.2, 0.25) is 0 Å². The summed E-state index contributed by atoms with van der Waals surface area (Å²) in [5, 5.41) is 35.4. The van der Waals surface area contributed by atoms with Gasteiger partial charge in [-0.15, -0.1) is 0 Å². The van der Waals surface area contributed by atoms with Crippen molar-refractivity contribution in [1.82, 2.24) is 16.0 Å². The first-order chi connectivity index (χ1) is 56.5. The van der Waals surface area contributed by atoms with E-state index in [4.69, 9.17) is 116 Å². The van der Waals surface area contributed by atoms with E-state index < -0.39 is 55.7 Å². The molecule has 0 radical (unpaired) electrons. The van der Waals surface area contributed by atoms with Gasteiger partial charge in [-0.3, -0.25) is 28.8 Å². The molecule has 0 aliphatic carbocycles. The lowest BCUT2D eigenvalue weighted by molar-refractivity contribution is -0.140. The third kappa shape index (κ3) is 58.9. The fourth-order valence-corrected chi connectivity index (χ4v) is 10.2. The molecule has 3 unspecified atom stereocenters. The van der Waals surface area contributed by atoms with E-state index in [0.29, 0.717) is 136 Å². The standard InChI is InChI=1S/C80H124N4O32/c1-97-30-31-105-46-47-113-55-49-107-40-33-99-24-3-5-74(87)72(58-65-10-16-70(17-11-65)116-62-79(94)95)84-76(89)20-27-102-36-43-110-52-54-112-45-38-104-29-22-82-80(96)66(56-63-6-12-68(13-7-63)114-60-77(90)91)59-67(85)18-25-100-34-41-108-50-48-106-39-32-98-23-2-4-73(86)71(57-64-8-14-69(15-9-64)115-61-78(92)93)83-75(88)19-26-101-35-42-109-51-53-111-44-37-103-28-21-81/h6-17,66,71-72H,2-5,18-62,81H2,1H3,(H,82,96)(H,83,88)(H,84,89)(H,90,91)(H,92,93)(H,94,95). The molecule has 0 bridgehead atoms. The number of ketones is 3. The zero-order valence-electron chi connectivity index (χ0n) is 67.1. The summed E-state index contributed by atoms with van der Waals surface area (Å²) in [7, 11) is 1.61. The first-order valence-corrected chi connectivity index (χ1v) is 39.2. The fourth-order valence-electron chi connectivity index (χ4n) is 10.2. The summed E-state index contributed by atoms with van der Waals surface area (Å²) in [5.41, 5.74) is 7.58. The Balaban J connectivity index is 1.27. The minimum absolute atomic E-state index is 0.00686. The monoisotopic (exact) mass is 1650 g/mol. The number of carbonyl (C=O) groups excluding carboxylic acids is 6. The summed E-state index contributed by atoms with van der Waals surface area (Å²) in [6.45, 7) is 9.35. The van der Waals surface area contributed by atoms with Gasteiger partial charge in [-0.05, 0) is 85.2 Å². The van der Waals surface area contributed by atoms with Crippen LogP contribution in [-0.2, 0) is 143 Å². The molecule has 36 heteroatoms. The number of methoxy groups -OCH3 is 1. The topological polar surface area (TPSA) is 461 Å². The van der Waals surface area contributed by atoms with Gasteiger partial charge in [0.2, 0.25) is 17.7 Å². The van der Waals surface area contributed by atoms with Crippen molar-refractivity contribution in [2.75, 3.05) is 258 Å². The maximum atomic E-state index is 13.5. The highest BCUT2D eigenvalue weighted by Gasteiger charge is 2.25. The van der Waals surface area contributed by atoms with Gasteiger partial charge in [0.1, 0.15) is 23.0 Å². The highest BCUT2D eigenvalue weighted by molar-refractivity contribution is 5.90. The zero-order valence-corrected chi connectivity index (χ0v) is 67.1. The van der Waals surface area contributed by atoms with Gasteiger partial charge in [0.25, 0.3) is 0 Å². The van der Waals surface area contributed by atoms with Crippen LogP contribution in [0.3, 0.4) is 0 Å². The molecule has 3 rings (SSSR count). The van der Waals surface area contributed by atoms with Crippen LogP contribution in [0.1, 0.15) is 68.1 Å². The Bertz CT molecular complexity index is 3050. The Morgan fingerprint density at radius 3 is 0.914 bits per heavy atom. The Kier molecular flexibility index (Phi) is 62.9.